The van der Waals surface area contributed by atoms with Gasteiger partial charge in [-0.05, 0) is 80.9 Å². The third kappa shape index (κ3) is 4.99. The number of thioether (sulfide) groups is 1. The highest BCUT2D eigenvalue weighted by molar-refractivity contribution is 8.01. The van der Waals surface area contributed by atoms with E-state index in [1.54, 1.807) is 43.3 Å². The molecule has 2 aliphatic heterocycles. The molecule has 10 heteroatoms. The molecule has 2 atom stereocenters. The molecule has 7 nitrogen and oxygen atoms in total. The molecule has 0 radical (unpaired) electrons. The predicted molar refractivity (Wildman–Crippen MR) is 175 cm³/mol. The van der Waals surface area contributed by atoms with Gasteiger partial charge >= 0.3 is 11.9 Å². The Labute approximate surface area is 266 Å². The van der Waals surface area contributed by atoms with Crippen molar-refractivity contribution < 1.29 is 19.1 Å². The molecule has 2 aliphatic rings. The molecule has 0 unspecified atom stereocenters. The van der Waals surface area contributed by atoms with E-state index in [4.69, 9.17) is 37.7 Å². The number of fused-ring (bicyclic) bond motifs is 1. The van der Waals surface area contributed by atoms with Gasteiger partial charge in [0.15, 0.2) is 10.3 Å². The van der Waals surface area contributed by atoms with Crippen molar-refractivity contribution in [3.8, 4) is 0 Å². The van der Waals surface area contributed by atoms with Gasteiger partial charge in [0.25, 0.3) is 0 Å². The number of methoxy groups -OCH3 is 2. The fourth-order valence-electron chi connectivity index (χ4n) is 5.91. The van der Waals surface area contributed by atoms with Crippen molar-refractivity contribution in [3.05, 3.63) is 94.1 Å². The lowest BCUT2D eigenvalue weighted by Gasteiger charge is -2.45. The summed E-state index contributed by atoms with van der Waals surface area (Å²) in [7, 11) is 2.74. The highest BCUT2D eigenvalue weighted by Gasteiger charge is 2.73. The van der Waals surface area contributed by atoms with Gasteiger partial charge in [0.2, 0.25) is 0 Å². The fraction of sp³-hybridized carbons (Fsp3) is 0.303. The van der Waals surface area contributed by atoms with Crippen molar-refractivity contribution in [2.24, 2.45) is 10.4 Å². The molecule has 1 fully saturated rings. The number of nitrogens with zero attached hydrogens (tertiary/aromatic N) is 3. The predicted octanol–water partition coefficient (Wildman–Crippen LogP) is 8.28. The molecule has 0 amide bonds. The van der Waals surface area contributed by atoms with Gasteiger partial charge < -0.3 is 14.4 Å². The van der Waals surface area contributed by atoms with Gasteiger partial charge in [-0.15, -0.1) is 0 Å². The number of halogens is 2. The van der Waals surface area contributed by atoms with Crippen molar-refractivity contribution in [1.82, 2.24) is 0 Å². The van der Waals surface area contributed by atoms with Gasteiger partial charge in [-0.2, -0.15) is 0 Å². The maximum atomic E-state index is 14.4. The van der Waals surface area contributed by atoms with E-state index in [-0.39, 0.29) is 0 Å². The highest BCUT2D eigenvalue weighted by Crippen LogP contribution is 2.67. The maximum absolute atomic E-state index is 14.4. The smallest absolute Gasteiger partial charge is 0.335 e. The quantitative estimate of drug-likeness (QED) is 0.191. The molecule has 1 saturated heterocycles. The van der Waals surface area contributed by atoms with E-state index in [1.807, 2.05) is 42.2 Å². The van der Waals surface area contributed by atoms with E-state index in [1.165, 1.54) is 26.0 Å². The molecule has 0 bridgehead atoms. The minimum absolute atomic E-state index is 0.343. The molecule has 3 aromatic carbocycles. The maximum Gasteiger partial charge on any atom is 0.335 e. The Morgan fingerprint density at radius 1 is 0.930 bits per heavy atom. The van der Waals surface area contributed by atoms with Crippen molar-refractivity contribution in [2.45, 2.75) is 43.4 Å². The number of ether oxygens (including phenoxy) is 2. The number of para-hydroxylation sites is 1. The van der Waals surface area contributed by atoms with Crippen LogP contribution in [0.25, 0.3) is 0 Å². The topological polar surface area (TPSA) is 71.4 Å². The number of carbonyl (C=O) groups is 2. The first-order valence-corrected chi connectivity index (χ1v) is 15.6. The highest BCUT2D eigenvalue weighted by atomic mass is 35.5. The van der Waals surface area contributed by atoms with E-state index in [0.29, 0.717) is 45.1 Å². The zero-order valence-corrected chi connectivity index (χ0v) is 27.0. The second-order valence-electron chi connectivity index (χ2n) is 10.5. The summed E-state index contributed by atoms with van der Waals surface area (Å²) >= 11 is 14.1. The van der Waals surface area contributed by atoms with Crippen molar-refractivity contribution in [3.63, 3.8) is 0 Å². The number of carbonyl (C=O) groups excluding carboxylic acids is 2. The van der Waals surface area contributed by atoms with Crippen molar-refractivity contribution in [1.29, 1.82) is 0 Å². The molecule has 0 aliphatic carbocycles. The summed E-state index contributed by atoms with van der Waals surface area (Å²) in [6, 6.07) is 22.4. The summed E-state index contributed by atoms with van der Waals surface area (Å²) in [5.74, 6) is -0.613. The third-order valence-corrected chi connectivity index (χ3v) is 10.2. The van der Waals surface area contributed by atoms with Crippen LogP contribution in [0.4, 0.5) is 17.1 Å². The summed E-state index contributed by atoms with van der Waals surface area (Å²) in [5.41, 5.74) is 1.71. The molecule has 2 heterocycles. The number of aliphatic imine (C=N–C) groups is 1. The first kappa shape index (κ1) is 31.0. The summed E-state index contributed by atoms with van der Waals surface area (Å²) in [6.07, 6.45) is 1.78. The van der Waals surface area contributed by atoms with Gasteiger partial charge in [0.1, 0.15) is 5.84 Å². The Morgan fingerprint density at radius 3 is 2.16 bits per heavy atom. The van der Waals surface area contributed by atoms with Gasteiger partial charge in [-0.25, -0.2) is 9.79 Å². The van der Waals surface area contributed by atoms with Gasteiger partial charge in [0, 0.05) is 27.2 Å². The van der Waals surface area contributed by atoms with Gasteiger partial charge in [-0.1, -0.05) is 60.4 Å². The van der Waals surface area contributed by atoms with Crippen LogP contribution in [0.15, 0.2) is 94.0 Å². The minimum Gasteiger partial charge on any atom is -0.468 e. The Bertz CT molecular complexity index is 1610. The lowest BCUT2D eigenvalue weighted by Crippen LogP contribution is -2.59. The Hall–Kier alpha value is -3.46. The molecule has 3 aromatic rings. The zero-order chi connectivity index (χ0) is 30.9. The number of unbranched alkanes of at least 4 members (excludes halogenated alkanes) is 1. The minimum atomic E-state index is -1.43. The second kappa shape index (κ2) is 12.3. The second-order valence-corrected chi connectivity index (χ2v) is 12.6. The monoisotopic (exact) mass is 637 g/mol. The largest absolute Gasteiger partial charge is 0.468 e. The summed E-state index contributed by atoms with van der Waals surface area (Å²) in [6.45, 7) is 6.33. The lowest BCUT2D eigenvalue weighted by atomic mass is 9.79. The number of benzene rings is 3. The van der Waals surface area contributed by atoms with Crippen LogP contribution in [0.2, 0.25) is 10.0 Å². The number of amidine groups is 1. The number of esters is 2. The van der Waals surface area contributed by atoms with Crippen LogP contribution in [0.3, 0.4) is 0 Å². The standard InChI is InChI=1S/C33H33Cl2N3O4S/c1-6-7-20-37-26-10-8-9-11-27(26)43-33(37)28(21(2)29(39)41-4)38(25-18-14-23(35)15-19-25)30(32(33,3)31(40)42-5)36-24-16-12-22(34)13-17-24/h8-19H,6-7,20H2,1-5H3/b28-21+,36-30?/t32-,33-/m0/s1. The summed E-state index contributed by atoms with van der Waals surface area (Å²) in [4.78, 5) is 37.0. The number of hydrogen-bond acceptors (Lipinski definition) is 7. The number of rotatable bonds is 7. The molecule has 0 N–H and O–H groups in total. The van der Waals surface area contributed by atoms with Crippen LogP contribution in [-0.2, 0) is 19.1 Å². The lowest BCUT2D eigenvalue weighted by molar-refractivity contribution is -0.148. The first-order valence-electron chi connectivity index (χ1n) is 14.0. The molecule has 5 rings (SSSR count). The van der Waals surface area contributed by atoms with Gasteiger partial charge in [-0.3, -0.25) is 9.69 Å². The Kier molecular flexibility index (Phi) is 8.84. The Balaban J connectivity index is 1.96. The number of hydrogen-bond donors (Lipinski definition) is 0. The van der Waals surface area contributed by atoms with Crippen LogP contribution >= 0.6 is 35.0 Å². The average Bonchev–Trinajstić information content (AvgIpc) is 3.46. The van der Waals surface area contributed by atoms with Crippen LogP contribution < -0.4 is 9.80 Å². The number of anilines is 2. The molecule has 43 heavy (non-hydrogen) atoms. The van der Waals surface area contributed by atoms with Crippen LogP contribution in [-0.4, -0.2) is 43.4 Å². The van der Waals surface area contributed by atoms with Crippen molar-refractivity contribution in [2.75, 3.05) is 30.6 Å². The molecule has 0 aromatic heterocycles. The third-order valence-electron chi connectivity index (χ3n) is 8.00. The van der Waals surface area contributed by atoms with Crippen molar-refractivity contribution >= 4 is 69.8 Å². The SMILES string of the molecule is CCCCN1c2ccccc2S[C@]12/C(=C(/C)C(=O)OC)N(c1ccc(Cl)cc1)C(=Nc1ccc(Cl)cc1)[C@@]2(C)C(=O)OC. The normalized spacial score (nSPS) is 23.1. The fourth-order valence-corrected chi connectivity index (χ4v) is 7.93. The molecule has 1 spiro atoms. The van der Waals surface area contributed by atoms with E-state index in [0.717, 1.165) is 23.4 Å². The van der Waals surface area contributed by atoms with Gasteiger partial charge in [0.05, 0.1) is 36.9 Å². The van der Waals surface area contributed by atoms with E-state index < -0.39 is 22.2 Å². The first-order chi connectivity index (χ1) is 20.6. The molecular weight excluding hydrogens is 605 g/mol. The van der Waals surface area contributed by atoms with E-state index in [2.05, 4.69) is 17.9 Å². The average molecular weight is 639 g/mol. The van der Waals surface area contributed by atoms with Crippen LogP contribution in [0, 0.1) is 5.41 Å². The van der Waals surface area contributed by atoms with Crippen LogP contribution in [0.1, 0.15) is 33.6 Å². The summed E-state index contributed by atoms with van der Waals surface area (Å²) < 4.78 is 10.9. The van der Waals surface area contributed by atoms with E-state index in [9.17, 15) is 9.59 Å². The molecular formula is C33H33Cl2N3O4S. The molecule has 0 saturated carbocycles. The zero-order valence-electron chi connectivity index (χ0n) is 24.7. The molecule has 224 valence electrons. The Morgan fingerprint density at radius 2 is 1.56 bits per heavy atom. The van der Waals surface area contributed by atoms with E-state index >= 15 is 0 Å². The summed E-state index contributed by atoms with van der Waals surface area (Å²) in [5, 5.41) is 1.11. The van der Waals surface area contributed by atoms with Crippen LogP contribution in [0.5, 0.6) is 0 Å².